The number of thiocarbonyl (C=S) groups is 1. The van der Waals surface area contributed by atoms with E-state index in [0.717, 1.165) is 5.69 Å². The zero-order valence-electron chi connectivity index (χ0n) is 9.07. The lowest BCUT2D eigenvalue weighted by Gasteiger charge is -2.08. The molecule has 17 heavy (non-hydrogen) atoms. The summed E-state index contributed by atoms with van der Waals surface area (Å²) >= 11 is 9.96. The molecule has 0 aliphatic rings. The Kier molecular flexibility index (Phi) is 3.50. The van der Waals surface area contributed by atoms with E-state index in [1.807, 2.05) is 31.2 Å². The number of hydrogen-bond acceptors (Lipinski definition) is 4. The first-order valence-electron chi connectivity index (χ1n) is 4.93. The van der Waals surface area contributed by atoms with Crippen molar-refractivity contribution in [1.82, 2.24) is 20.6 Å². The van der Waals surface area contributed by atoms with Crippen molar-refractivity contribution in [3.05, 3.63) is 40.4 Å². The Bertz CT molecular complexity index is 569. The SMILES string of the molecule is Cc1ccc(NNC(=S)c2nc(=S)[nH][nH]2)cc1. The lowest BCUT2D eigenvalue weighted by Crippen LogP contribution is -2.29. The van der Waals surface area contributed by atoms with Crippen molar-refractivity contribution in [3.8, 4) is 0 Å². The fourth-order valence-corrected chi connectivity index (χ4v) is 1.49. The maximum Gasteiger partial charge on any atom is 0.213 e. The van der Waals surface area contributed by atoms with Crippen LogP contribution in [-0.2, 0) is 0 Å². The van der Waals surface area contributed by atoms with Gasteiger partial charge in [0.2, 0.25) is 4.77 Å². The van der Waals surface area contributed by atoms with Crippen molar-refractivity contribution >= 4 is 35.1 Å². The van der Waals surface area contributed by atoms with Crippen LogP contribution >= 0.6 is 24.4 Å². The van der Waals surface area contributed by atoms with E-state index in [1.54, 1.807) is 0 Å². The summed E-state index contributed by atoms with van der Waals surface area (Å²) in [5.41, 5.74) is 7.98. The Balaban J connectivity index is 1.96. The summed E-state index contributed by atoms with van der Waals surface area (Å²) in [6, 6.07) is 7.93. The molecule has 1 aromatic carbocycles. The van der Waals surface area contributed by atoms with Gasteiger partial charge in [0.25, 0.3) is 0 Å². The van der Waals surface area contributed by atoms with Gasteiger partial charge in [-0.25, -0.2) is 0 Å². The molecule has 1 aromatic heterocycles. The van der Waals surface area contributed by atoms with E-state index in [-0.39, 0.29) is 0 Å². The summed E-state index contributed by atoms with van der Waals surface area (Å²) in [5, 5.41) is 5.45. The Hall–Kier alpha value is -1.73. The maximum absolute atomic E-state index is 5.13. The number of anilines is 1. The van der Waals surface area contributed by atoms with Crippen molar-refractivity contribution in [3.63, 3.8) is 0 Å². The molecule has 0 fully saturated rings. The maximum atomic E-state index is 5.13. The minimum Gasteiger partial charge on any atom is -0.300 e. The molecule has 0 unspecified atom stereocenters. The van der Waals surface area contributed by atoms with Gasteiger partial charge in [0.05, 0.1) is 5.69 Å². The van der Waals surface area contributed by atoms with Gasteiger partial charge in [-0.2, -0.15) is 4.98 Å². The van der Waals surface area contributed by atoms with Gasteiger partial charge >= 0.3 is 0 Å². The number of H-pyrrole nitrogens is 2. The van der Waals surface area contributed by atoms with E-state index >= 15 is 0 Å². The highest BCUT2D eigenvalue weighted by atomic mass is 32.1. The average Bonchev–Trinajstić information content (AvgIpc) is 2.75. The van der Waals surface area contributed by atoms with Crippen molar-refractivity contribution in [2.24, 2.45) is 0 Å². The van der Waals surface area contributed by atoms with Crippen LogP contribution in [-0.4, -0.2) is 20.2 Å². The van der Waals surface area contributed by atoms with Crippen LogP contribution in [0.2, 0.25) is 0 Å². The summed E-state index contributed by atoms with van der Waals surface area (Å²) in [7, 11) is 0. The topological polar surface area (TPSA) is 68.5 Å². The van der Waals surface area contributed by atoms with E-state index in [0.29, 0.717) is 15.6 Å². The third-order valence-corrected chi connectivity index (χ3v) is 2.58. The molecule has 0 saturated heterocycles. The van der Waals surface area contributed by atoms with Gasteiger partial charge in [-0.15, -0.1) is 0 Å². The smallest absolute Gasteiger partial charge is 0.213 e. The normalized spacial score (nSPS) is 9.94. The van der Waals surface area contributed by atoms with Crippen LogP contribution in [0.4, 0.5) is 5.69 Å². The minimum absolute atomic E-state index is 0.375. The van der Waals surface area contributed by atoms with E-state index in [4.69, 9.17) is 24.4 Å². The van der Waals surface area contributed by atoms with Crippen molar-refractivity contribution in [1.29, 1.82) is 0 Å². The minimum atomic E-state index is 0.375. The number of aromatic nitrogens is 3. The van der Waals surface area contributed by atoms with Gasteiger partial charge in [0.1, 0.15) is 0 Å². The quantitative estimate of drug-likeness (QED) is 0.505. The van der Waals surface area contributed by atoms with Gasteiger partial charge in [0, 0.05) is 0 Å². The Morgan fingerprint density at radius 3 is 2.53 bits per heavy atom. The fraction of sp³-hybridized carbons (Fsp3) is 0.100. The van der Waals surface area contributed by atoms with Crippen molar-refractivity contribution in [2.45, 2.75) is 6.92 Å². The van der Waals surface area contributed by atoms with Crippen LogP contribution in [0.5, 0.6) is 0 Å². The van der Waals surface area contributed by atoms with Crippen molar-refractivity contribution in [2.75, 3.05) is 5.43 Å². The Morgan fingerprint density at radius 2 is 1.94 bits per heavy atom. The van der Waals surface area contributed by atoms with Crippen molar-refractivity contribution < 1.29 is 0 Å². The van der Waals surface area contributed by atoms with E-state index < -0.39 is 0 Å². The van der Waals surface area contributed by atoms with Crippen LogP contribution in [0.1, 0.15) is 11.4 Å². The molecule has 88 valence electrons. The summed E-state index contributed by atoms with van der Waals surface area (Å²) < 4.78 is 0.375. The number of nitrogens with one attached hydrogen (secondary N) is 4. The lowest BCUT2D eigenvalue weighted by atomic mass is 10.2. The molecule has 1 heterocycles. The second-order valence-electron chi connectivity index (χ2n) is 3.46. The molecule has 0 aliphatic heterocycles. The fourth-order valence-electron chi connectivity index (χ4n) is 1.20. The van der Waals surface area contributed by atoms with Gasteiger partial charge in [-0.05, 0) is 31.3 Å². The second kappa shape index (κ2) is 5.07. The van der Waals surface area contributed by atoms with Crippen LogP contribution < -0.4 is 10.9 Å². The number of hydrogen-bond donors (Lipinski definition) is 4. The molecule has 4 N–H and O–H groups in total. The highest BCUT2D eigenvalue weighted by Gasteiger charge is 2.03. The molecule has 7 heteroatoms. The van der Waals surface area contributed by atoms with Gasteiger partial charge in [-0.3, -0.25) is 15.6 Å². The van der Waals surface area contributed by atoms with Crippen LogP contribution in [0.25, 0.3) is 0 Å². The average molecular weight is 265 g/mol. The summed E-state index contributed by atoms with van der Waals surface area (Å²) in [6.07, 6.45) is 0. The monoisotopic (exact) mass is 265 g/mol. The van der Waals surface area contributed by atoms with Crippen LogP contribution in [0, 0.1) is 11.7 Å². The molecule has 0 amide bonds. The van der Waals surface area contributed by atoms with Crippen LogP contribution in [0.15, 0.2) is 24.3 Å². The third-order valence-electron chi connectivity index (χ3n) is 2.09. The summed E-state index contributed by atoms with van der Waals surface area (Å²) in [5.74, 6) is 0.504. The molecule has 2 aromatic rings. The highest BCUT2D eigenvalue weighted by molar-refractivity contribution is 7.80. The molecule has 0 spiro atoms. The first kappa shape index (κ1) is 11.7. The molecule has 5 nitrogen and oxygen atoms in total. The molecule has 0 aliphatic carbocycles. The van der Waals surface area contributed by atoms with Crippen LogP contribution in [0.3, 0.4) is 0 Å². The number of rotatable bonds is 3. The predicted molar refractivity (Wildman–Crippen MR) is 73.4 cm³/mol. The van der Waals surface area contributed by atoms with Gasteiger partial charge in [0.15, 0.2) is 10.8 Å². The third kappa shape index (κ3) is 3.11. The molecular weight excluding hydrogens is 254 g/mol. The number of aryl methyl sites for hydroxylation is 1. The number of benzene rings is 1. The highest BCUT2D eigenvalue weighted by Crippen LogP contribution is 2.07. The Labute approximate surface area is 109 Å². The first-order valence-corrected chi connectivity index (χ1v) is 5.74. The van der Waals surface area contributed by atoms with Gasteiger partial charge < -0.3 is 5.43 Å². The molecule has 0 atom stereocenters. The van der Waals surface area contributed by atoms with E-state index in [1.165, 1.54) is 5.56 Å². The van der Waals surface area contributed by atoms with E-state index in [2.05, 4.69) is 26.0 Å². The molecular formula is C10H11N5S2. The number of nitrogens with zero attached hydrogens (tertiary/aromatic N) is 1. The zero-order chi connectivity index (χ0) is 12.3. The first-order chi connectivity index (χ1) is 8.15. The second-order valence-corrected chi connectivity index (χ2v) is 4.26. The standard InChI is InChI=1S/C10H11N5S2/c1-6-2-4-7(5-3-6)12-14-9(16)8-11-10(17)15-13-8/h2-5,12H,1H3,(H,14,16)(H2,11,13,15,17). The predicted octanol–water partition coefficient (Wildman–Crippen LogP) is 2.07. The zero-order valence-corrected chi connectivity index (χ0v) is 10.7. The largest absolute Gasteiger partial charge is 0.300 e. The Morgan fingerprint density at radius 1 is 1.24 bits per heavy atom. The van der Waals surface area contributed by atoms with E-state index in [9.17, 15) is 0 Å². The van der Waals surface area contributed by atoms with Gasteiger partial charge in [-0.1, -0.05) is 29.9 Å². The summed E-state index contributed by atoms with van der Waals surface area (Å²) in [6.45, 7) is 2.03. The number of aromatic amines is 2. The lowest BCUT2D eigenvalue weighted by molar-refractivity contribution is 1.05. The number of hydrazine groups is 1. The molecule has 0 saturated carbocycles. The molecule has 0 radical (unpaired) electrons. The summed E-state index contributed by atoms with van der Waals surface area (Å²) in [4.78, 5) is 4.44. The molecule has 2 rings (SSSR count). The molecule has 0 bridgehead atoms.